The third-order valence-electron chi connectivity index (χ3n) is 1.85. The Bertz CT molecular complexity index is 288. The molecule has 0 fully saturated rings. The molecule has 0 saturated carbocycles. The Morgan fingerprint density at radius 3 is 2.69 bits per heavy atom. The van der Waals surface area contributed by atoms with E-state index in [4.69, 9.17) is 11.5 Å². The van der Waals surface area contributed by atoms with Gasteiger partial charge in [-0.05, 0) is 18.2 Å². The summed E-state index contributed by atoms with van der Waals surface area (Å²) in [6.45, 7) is 1.13. The Hall–Kier alpha value is -1.29. The summed E-state index contributed by atoms with van der Waals surface area (Å²) in [7, 11) is 1.79. The van der Waals surface area contributed by atoms with E-state index in [9.17, 15) is 4.39 Å². The molecular formula is C9H14FN3. The highest BCUT2D eigenvalue weighted by molar-refractivity contribution is 5.53. The normalized spacial score (nSPS) is 10.1. The van der Waals surface area contributed by atoms with Crippen molar-refractivity contribution in [2.24, 2.45) is 5.73 Å². The molecule has 0 atom stereocenters. The molecule has 0 amide bonds. The van der Waals surface area contributed by atoms with Crippen LogP contribution >= 0.6 is 0 Å². The van der Waals surface area contributed by atoms with E-state index in [1.165, 1.54) is 6.07 Å². The van der Waals surface area contributed by atoms with Gasteiger partial charge in [0.1, 0.15) is 5.82 Å². The molecule has 0 bridgehead atoms. The second-order valence-corrected chi connectivity index (χ2v) is 2.92. The number of hydrogen-bond acceptors (Lipinski definition) is 3. The SMILES string of the molecule is CN(CCN)c1ccc(N)cc1F. The van der Waals surface area contributed by atoms with Crippen LogP contribution in [0, 0.1) is 5.82 Å². The van der Waals surface area contributed by atoms with Crippen LogP contribution < -0.4 is 16.4 Å². The molecule has 1 aromatic carbocycles. The van der Waals surface area contributed by atoms with Gasteiger partial charge in [-0.25, -0.2) is 4.39 Å². The Morgan fingerprint density at radius 2 is 2.15 bits per heavy atom. The maximum Gasteiger partial charge on any atom is 0.148 e. The van der Waals surface area contributed by atoms with E-state index in [1.54, 1.807) is 24.1 Å². The van der Waals surface area contributed by atoms with Gasteiger partial charge < -0.3 is 16.4 Å². The van der Waals surface area contributed by atoms with E-state index in [0.29, 0.717) is 24.5 Å². The van der Waals surface area contributed by atoms with Gasteiger partial charge in [-0.2, -0.15) is 0 Å². The zero-order valence-corrected chi connectivity index (χ0v) is 7.63. The molecule has 4 heteroatoms. The Balaban J connectivity index is 2.88. The Labute approximate surface area is 77.1 Å². The van der Waals surface area contributed by atoms with E-state index >= 15 is 0 Å². The highest BCUT2D eigenvalue weighted by atomic mass is 19.1. The molecule has 13 heavy (non-hydrogen) atoms. The zero-order valence-electron chi connectivity index (χ0n) is 7.63. The van der Waals surface area contributed by atoms with Gasteiger partial charge in [0.2, 0.25) is 0 Å². The minimum Gasteiger partial charge on any atom is -0.399 e. The number of hydrogen-bond donors (Lipinski definition) is 2. The topological polar surface area (TPSA) is 55.3 Å². The molecule has 0 heterocycles. The third kappa shape index (κ3) is 2.32. The highest BCUT2D eigenvalue weighted by Gasteiger charge is 2.05. The van der Waals surface area contributed by atoms with Crippen LogP contribution in [0.2, 0.25) is 0 Å². The molecule has 0 radical (unpaired) electrons. The molecule has 0 spiro atoms. The fourth-order valence-electron chi connectivity index (χ4n) is 1.15. The van der Waals surface area contributed by atoms with Crippen LogP contribution in [0.25, 0.3) is 0 Å². The minimum absolute atomic E-state index is 0.309. The summed E-state index contributed by atoms with van der Waals surface area (Å²) in [4.78, 5) is 1.76. The number of likely N-dealkylation sites (N-methyl/N-ethyl adjacent to an activating group) is 1. The fraction of sp³-hybridized carbons (Fsp3) is 0.333. The van der Waals surface area contributed by atoms with Crippen LogP contribution in [0.1, 0.15) is 0 Å². The van der Waals surface area contributed by atoms with Gasteiger partial charge in [0.15, 0.2) is 0 Å². The van der Waals surface area contributed by atoms with Gasteiger partial charge in [-0.15, -0.1) is 0 Å². The molecule has 3 nitrogen and oxygen atoms in total. The van der Waals surface area contributed by atoms with Gasteiger partial charge in [-0.1, -0.05) is 0 Å². The summed E-state index contributed by atoms with van der Waals surface area (Å²) < 4.78 is 13.3. The number of nitrogens with two attached hydrogens (primary N) is 2. The van der Waals surface area contributed by atoms with Crippen LogP contribution in [0.15, 0.2) is 18.2 Å². The summed E-state index contributed by atoms with van der Waals surface area (Å²) in [5, 5.41) is 0. The highest BCUT2D eigenvalue weighted by Crippen LogP contribution is 2.19. The molecule has 0 aliphatic heterocycles. The van der Waals surface area contributed by atoms with E-state index in [2.05, 4.69) is 0 Å². The standard InChI is InChI=1S/C9H14FN3/c1-13(5-4-11)9-3-2-7(12)6-8(9)10/h2-3,6H,4-5,11-12H2,1H3. The van der Waals surface area contributed by atoms with Crippen molar-refractivity contribution >= 4 is 11.4 Å². The first kappa shape index (κ1) is 9.80. The van der Waals surface area contributed by atoms with Gasteiger partial charge >= 0.3 is 0 Å². The number of rotatable bonds is 3. The summed E-state index contributed by atoms with van der Waals surface area (Å²) in [6.07, 6.45) is 0. The van der Waals surface area contributed by atoms with Crippen molar-refractivity contribution in [3.8, 4) is 0 Å². The smallest absolute Gasteiger partial charge is 0.148 e. The maximum absolute atomic E-state index is 13.3. The van der Waals surface area contributed by atoms with Crippen LogP contribution in [0.5, 0.6) is 0 Å². The predicted octanol–water partition coefficient (Wildman–Crippen LogP) is 0.803. The first-order chi connectivity index (χ1) is 6.15. The van der Waals surface area contributed by atoms with Crippen LogP contribution in [0.4, 0.5) is 15.8 Å². The van der Waals surface area contributed by atoms with E-state index in [0.717, 1.165) is 0 Å². The summed E-state index contributed by atoms with van der Waals surface area (Å²) in [6, 6.07) is 4.63. The van der Waals surface area contributed by atoms with E-state index in [-0.39, 0.29) is 5.82 Å². The lowest BCUT2D eigenvalue weighted by Crippen LogP contribution is -2.25. The van der Waals surface area contributed by atoms with Crippen molar-refractivity contribution in [2.75, 3.05) is 30.8 Å². The van der Waals surface area contributed by atoms with E-state index < -0.39 is 0 Å². The molecule has 1 rings (SSSR count). The van der Waals surface area contributed by atoms with E-state index in [1.807, 2.05) is 0 Å². The second-order valence-electron chi connectivity index (χ2n) is 2.92. The Kier molecular flexibility index (Phi) is 3.08. The van der Waals surface area contributed by atoms with Crippen molar-refractivity contribution in [1.29, 1.82) is 0 Å². The lowest BCUT2D eigenvalue weighted by atomic mass is 10.2. The number of halogens is 1. The monoisotopic (exact) mass is 183 g/mol. The number of nitrogen functional groups attached to an aromatic ring is 1. The molecule has 0 aliphatic rings. The van der Waals surface area contributed by atoms with Gasteiger partial charge in [0, 0.05) is 25.8 Å². The predicted molar refractivity (Wildman–Crippen MR) is 53.1 cm³/mol. The van der Waals surface area contributed by atoms with Gasteiger partial charge in [0.05, 0.1) is 5.69 Å². The number of anilines is 2. The lowest BCUT2D eigenvalue weighted by molar-refractivity contribution is 0.623. The van der Waals surface area contributed by atoms with Crippen LogP contribution in [0.3, 0.4) is 0 Å². The van der Waals surface area contributed by atoms with Crippen molar-refractivity contribution in [2.45, 2.75) is 0 Å². The Morgan fingerprint density at radius 1 is 1.46 bits per heavy atom. The van der Waals surface area contributed by atoms with Crippen molar-refractivity contribution in [1.82, 2.24) is 0 Å². The number of nitrogens with zero attached hydrogens (tertiary/aromatic N) is 1. The average molecular weight is 183 g/mol. The lowest BCUT2D eigenvalue weighted by Gasteiger charge is -2.18. The fourth-order valence-corrected chi connectivity index (χ4v) is 1.15. The van der Waals surface area contributed by atoms with Crippen molar-refractivity contribution in [3.63, 3.8) is 0 Å². The quantitative estimate of drug-likeness (QED) is 0.681. The minimum atomic E-state index is -0.309. The molecule has 72 valence electrons. The molecular weight excluding hydrogens is 169 g/mol. The molecule has 0 saturated heterocycles. The molecule has 0 unspecified atom stereocenters. The van der Waals surface area contributed by atoms with Crippen LogP contribution in [-0.4, -0.2) is 20.1 Å². The van der Waals surface area contributed by atoms with Crippen molar-refractivity contribution in [3.05, 3.63) is 24.0 Å². The first-order valence-corrected chi connectivity index (χ1v) is 4.11. The molecule has 4 N–H and O–H groups in total. The third-order valence-corrected chi connectivity index (χ3v) is 1.85. The first-order valence-electron chi connectivity index (χ1n) is 4.11. The zero-order chi connectivity index (χ0) is 9.84. The summed E-state index contributed by atoms with van der Waals surface area (Å²) in [5.41, 5.74) is 11.7. The van der Waals surface area contributed by atoms with Crippen LogP contribution in [-0.2, 0) is 0 Å². The maximum atomic E-state index is 13.3. The molecule has 0 aliphatic carbocycles. The molecule has 0 aromatic heterocycles. The number of benzene rings is 1. The average Bonchev–Trinajstić information content (AvgIpc) is 2.04. The summed E-state index contributed by atoms with van der Waals surface area (Å²) >= 11 is 0. The van der Waals surface area contributed by atoms with Gasteiger partial charge in [0.25, 0.3) is 0 Å². The van der Waals surface area contributed by atoms with Crippen molar-refractivity contribution < 1.29 is 4.39 Å². The second kappa shape index (κ2) is 4.09. The van der Waals surface area contributed by atoms with Gasteiger partial charge in [-0.3, -0.25) is 0 Å². The largest absolute Gasteiger partial charge is 0.399 e. The summed E-state index contributed by atoms with van der Waals surface area (Å²) in [5.74, 6) is -0.309. The molecule has 1 aromatic rings.